The minimum Gasteiger partial charge on any atom is -0.309 e. The Kier molecular flexibility index (Phi) is 4.60. The first-order valence-corrected chi connectivity index (χ1v) is 8.65. The maximum Gasteiger partial charge on any atom is 0.0373 e. The van der Waals surface area contributed by atoms with Crippen LogP contribution in [0, 0.1) is 6.92 Å². The summed E-state index contributed by atoms with van der Waals surface area (Å²) in [7, 11) is 4.23. The second-order valence-electron chi connectivity index (χ2n) is 6.12. The molecule has 3 aromatic rings. The van der Waals surface area contributed by atoms with Gasteiger partial charge in [0, 0.05) is 44.5 Å². The molecule has 2 heterocycles. The average molecular weight is 322 g/mol. The highest BCUT2D eigenvalue weighted by Gasteiger charge is 2.16. The fourth-order valence-electron chi connectivity index (χ4n) is 2.72. The Morgan fingerprint density at radius 3 is 2.65 bits per heavy atom. The zero-order valence-electron chi connectivity index (χ0n) is 14.0. The second kappa shape index (κ2) is 6.65. The van der Waals surface area contributed by atoms with Crippen molar-refractivity contribution < 1.29 is 0 Å². The number of nitrogens with zero attached hydrogens (tertiary/aromatic N) is 2. The van der Waals surface area contributed by atoms with Crippen LogP contribution in [0.25, 0.3) is 15.7 Å². The van der Waals surface area contributed by atoms with Crippen molar-refractivity contribution in [2.24, 2.45) is 0 Å². The fraction of sp³-hybridized carbons (Fsp3) is 0.250. The average Bonchev–Trinajstić information content (AvgIpc) is 2.91. The van der Waals surface area contributed by atoms with Gasteiger partial charge in [-0.15, -0.1) is 11.3 Å². The van der Waals surface area contributed by atoms with Crippen molar-refractivity contribution in [1.82, 2.24) is 9.88 Å². The molecule has 0 unspecified atom stereocenters. The summed E-state index contributed by atoms with van der Waals surface area (Å²) in [5.41, 5.74) is 4.50. The van der Waals surface area contributed by atoms with Crippen molar-refractivity contribution in [3.63, 3.8) is 0 Å². The van der Waals surface area contributed by atoms with Crippen LogP contribution in [0.4, 0.5) is 0 Å². The summed E-state index contributed by atoms with van der Waals surface area (Å²) in [5, 5.41) is 1.30. The molecule has 0 saturated carbocycles. The zero-order valence-corrected chi connectivity index (χ0v) is 14.8. The van der Waals surface area contributed by atoms with E-state index in [-0.39, 0.29) is 0 Å². The number of pyridine rings is 1. The number of aryl methyl sites for hydroxylation is 1. The number of thiophene rings is 1. The number of likely N-dealkylation sites (N-methyl/N-ethyl adjacent to an activating group) is 1. The molecule has 3 heteroatoms. The molecule has 118 valence electrons. The summed E-state index contributed by atoms with van der Waals surface area (Å²) >= 11 is 1.88. The molecule has 0 aliphatic heterocycles. The summed E-state index contributed by atoms with van der Waals surface area (Å²) in [6.45, 7) is 7.44. The van der Waals surface area contributed by atoms with Gasteiger partial charge in [-0.3, -0.25) is 4.98 Å². The Labute approximate surface area is 142 Å². The number of rotatable bonds is 5. The fourth-order valence-corrected chi connectivity index (χ4v) is 3.94. The van der Waals surface area contributed by atoms with Crippen LogP contribution in [-0.2, 0) is 6.42 Å². The number of aromatic nitrogens is 1. The van der Waals surface area contributed by atoms with Crippen molar-refractivity contribution in [1.29, 1.82) is 0 Å². The summed E-state index contributed by atoms with van der Waals surface area (Å²) < 4.78 is 1.33. The summed E-state index contributed by atoms with van der Waals surface area (Å²) in [5.74, 6) is 0. The molecule has 0 aliphatic carbocycles. The number of hydrogen-bond acceptors (Lipinski definition) is 3. The van der Waals surface area contributed by atoms with Crippen LogP contribution < -0.4 is 0 Å². The predicted octanol–water partition coefficient (Wildman–Crippen LogP) is 4.77. The molecule has 0 spiro atoms. The van der Waals surface area contributed by atoms with Crippen LogP contribution in [0.5, 0.6) is 0 Å². The molecular formula is C20H22N2S. The third kappa shape index (κ3) is 3.36. The quantitative estimate of drug-likeness (QED) is 0.672. The lowest BCUT2D eigenvalue weighted by molar-refractivity contribution is 0.415. The predicted molar refractivity (Wildman–Crippen MR) is 101 cm³/mol. The van der Waals surface area contributed by atoms with Crippen LogP contribution in [0.2, 0.25) is 0 Å². The van der Waals surface area contributed by atoms with Gasteiger partial charge in [0.25, 0.3) is 0 Å². The molecule has 0 radical (unpaired) electrons. The molecule has 0 atom stereocenters. The number of hydrogen-bond donors (Lipinski definition) is 0. The molecule has 0 N–H and O–H groups in total. The summed E-state index contributed by atoms with van der Waals surface area (Å²) in [6.07, 6.45) is 2.97. The van der Waals surface area contributed by atoms with E-state index in [1.165, 1.54) is 20.5 Å². The topological polar surface area (TPSA) is 16.1 Å². The van der Waals surface area contributed by atoms with Gasteiger partial charge >= 0.3 is 0 Å². The first-order valence-electron chi connectivity index (χ1n) is 7.83. The van der Waals surface area contributed by atoms with E-state index >= 15 is 0 Å². The van der Waals surface area contributed by atoms with Gasteiger partial charge in [-0.2, -0.15) is 0 Å². The van der Waals surface area contributed by atoms with Gasteiger partial charge in [0.05, 0.1) is 0 Å². The van der Waals surface area contributed by atoms with Gasteiger partial charge in [0.15, 0.2) is 0 Å². The van der Waals surface area contributed by atoms with E-state index in [0.29, 0.717) is 0 Å². The smallest absolute Gasteiger partial charge is 0.0373 e. The number of benzene rings is 1. The van der Waals surface area contributed by atoms with Crippen LogP contribution in [0.15, 0.2) is 49.2 Å². The highest BCUT2D eigenvalue weighted by molar-refractivity contribution is 7.19. The molecule has 3 rings (SSSR count). The van der Waals surface area contributed by atoms with E-state index in [0.717, 1.165) is 29.8 Å². The monoisotopic (exact) mass is 322 g/mol. The van der Waals surface area contributed by atoms with E-state index in [2.05, 4.69) is 67.0 Å². The molecule has 0 bridgehead atoms. The first-order chi connectivity index (χ1) is 11.1. The minimum atomic E-state index is 1.03. The summed E-state index contributed by atoms with van der Waals surface area (Å²) in [6, 6.07) is 12.8. The molecule has 2 nitrogen and oxygen atoms in total. The lowest BCUT2D eigenvalue weighted by Crippen LogP contribution is -2.15. The maximum absolute atomic E-state index is 4.43. The molecule has 0 aliphatic rings. The Morgan fingerprint density at radius 2 is 1.96 bits per heavy atom. The first kappa shape index (κ1) is 15.9. The van der Waals surface area contributed by atoms with Gasteiger partial charge in [0.2, 0.25) is 0 Å². The van der Waals surface area contributed by atoms with Gasteiger partial charge in [0.1, 0.15) is 0 Å². The number of fused-ring (bicyclic) bond motifs is 1. The van der Waals surface area contributed by atoms with Crippen molar-refractivity contribution >= 4 is 27.0 Å². The molecular weight excluding hydrogens is 300 g/mol. The van der Waals surface area contributed by atoms with Crippen molar-refractivity contribution in [3.05, 3.63) is 70.9 Å². The lowest BCUT2D eigenvalue weighted by atomic mass is 9.97. The lowest BCUT2D eigenvalue weighted by Gasteiger charge is -2.12. The van der Waals surface area contributed by atoms with E-state index in [1.54, 1.807) is 0 Å². The molecule has 23 heavy (non-hydrogen) atoms. The standard InChI is InChI=1S/C20H22N2S/c1-14-9-10-16(13-21-14)15(2)20-17-7-5-6-8-18(17)23-19(20)11-12-22(3)4/h5-10,13H,2,11-12H2,1,3-4H3. The van der Waals surface area contributed by atoms with Gasteiger partial charge < -0.3 is 4.90 Å². The molecule has 2 aromatic heterocycles. The maximum atomic E-state index is 4.43. The van der Waals surface area contributed by atoms with Gasteiger partial charge in [-0.05, 0) is 45.1 Å². The highest BCUT2D eigenvalue weighted by atomic mass is 32.1. The Bertz CT molecular complexity index is 828. The van der Waals surface area contributed by atoms with E-state index in [1.807, 2.05) is 24.5 Å². The molecule has 0 fully saturated rings. The molecule has 1 aromatic carbocycles. The second-order valence-corrected chi connectivity index (χ2v) is 7.25. The van der Waals surface area contributed by atoms with Gasteiger partial charge in [-0.1, -0.05) is 30.8 Å². The van der Waals surface area contributed by atoms with Crippen LogP contribution in [0.1, 0.15) is 21.7 Å². The van der Waals surface area contributed by atoms with Crippen LogP contribution in [0.3, 0.4) is 0 Å². The minimum absolute atomic E-state index is 1.03. The molecule has 0 saturated heterocycles. The van der Waals surface area contributed by atoms with Gasteiger partial charge in [-0.25, -0.2) is 0 Å². The molecule has 0 amide bonds. The van der Waals surface area contributed by atoms with E-state index in [9.17, 15) is 0 Å². The van der Waals surface area contributed by atoms with Crippen molar-refractivity contribution in [2.45, 2.75) is 13.3 Å². The zero-order chi connectivity index (χ0) is 16.4. The van der Waals surface area contributed by atoms with E-state index in [4.69, 9.17) is 0 Å². The Morgan fingerprint density at radius 1 is 1.17 bits per heavy atom. The summed E-state index contributed by atoms with van der Waals surface area (Å²) in [4.78, 5) is 8.06. The highest BCUT2D eigenvalue weighted by Crippen LogP contribution is 2.38. The Hall–Kier alpha value is -1.97. The van der Waals surface area contributed by atoms with E-state index < -0.39 is 0 Å². The third-order valence-electron chi connectivity index (χ3n) is 4.02. The largest absolute Gasteiger partial charge is 0.309 e. The third-order valence-corrected chi connectivity index (χ3v) is 5.25. The van der Waals surface area contributed by atoms with Crippen LogP contribution in [-0.4, -0.2) is 30.5 Å². The normalized spacial score (nSPS) is 11.3. The Balaban J connectivity index is 2.08. The van der Waals surface area contributed by atoms with Crippen LogP contribution >= 0.6 is 11.3 Å². The van der Waals surface area contributed by atoms with Crippen molar-refractivity contribution in [3.8, 4) is 0 Å². The SMILES string of the molecule is C=C(c1ccc(C)nc1)c1c(CCN(C)C)sc2ccccc12. The van der Waals surface area contributed by atoms with Crippen molar-refractivity contribution in [2.75, 3.05) is 20.6 Å².